The lowest BCUT2D eigenvalue weighted by Crippen LogP contribution is -2.66. The summed E-state index contributed by atoms with van der Waals surface area (Å²) in [7, 11) is 0. The van der Waals surface area contributed by atoms with E-state index in [1.165, 1.54) is 0 Å². The maximum absolute atomic E-state index is 10.7. The van der Waals surface area contributed by atoms with Gasteiger partial charge in [-0.1, -0.05) is 30.3 Å². The first kappa shape index (κ1) is 14.4. The molecule has 0 aliphatic carbocycles. The maximum atomic E-state index is 10.7. The predicted octanol–water partition coefficient (Wildman–Crippen LogP) is -0.552. The summed E-state index contributed by atoms with van der Waals surface area (Å²) in [4.78, 5) is 0. The van der Waals surface area contributed by atoms with Crippen molar-refractivity contribution in [2.24, 2.45) is 0 Å². The van der Waals surface area contributed by atoms with Crippen molar-refractivity contribution in [3.63, 3.8) is 0 Å². The van der Waals surface area contributed by atoms with Crippen molar-refractivity contribution in [1.82, 2.24) is 0 Å². The van der Waals surface area contributed by atoms with Crippen LogP contribution in [-0.4, -0.2) is 57.6 Å². The lowest BCUT2D eigenvalue weighted by Gasteiger charge is -2.48. The van der Waals surface area contributed by atoms with Crippen LogP contribution >= 0.6 is 0 Å². The third-order valence-corrected chi connectivity index (χ3v) is 3.75. The van der Waals surface area contributed by atoms with Crippen LogP contribution in [0.5, 0.6) is 0 Å². The molecule has 5 nitrogen and oxygen atoms in total. The largest absolute Gasteiger partial charge is 0.394 e. The van der Waals surface area contributed by atoms with Crippen molar-refractivity contribution in [3.05, 3.63) is 42.8 Å². The molecular weight excluding hydrogens is 248 g/mol. The topological polar surface area (TPSA) is 90.2 Å². The minimum Gasteiger partial charge on any atom is -0.394 e. The summed E-state index contributed by atoms with van der Waals surface area (Å²) in [6.07, 6.45) is -3.63. The summed E-state index contributed by atoms with van der Waals surface area (Å²) in [5.74, 6) is -0.740. The van der Waals surface area contributed by atoms with Crippen molar-refractivity contribution in [1.29, 1.82) is 0 Å². The van der Waals surface area contributed by atoms with Crippen molar-refractivity contribution < 1.29 is 25.2 Å². The lowest BCUT2D eigenvalue weighted by atomic mass is 9.73. The highest BCUT2D eigenvalue weighted by molar-refractivity contribution is 5.27. The summed E-state index contributed by atoms with van der Waals surface area (Å²) in [6, 6.07) is 8.93. The highest BCUT2D eigenvalue weighted by Gasteiger charge is 2.54. The molecule has 0 amide bonds. The Labute approximate surface area is 112 Å². The van der Waals surface area contributed by atoms with Gasteiger partial charge in [-0.15, -0.1) is 0 Å². The fraction of sp³-hybridized carbons (Fsp3) is 0.500. The van der Waals surface area contributed by atoms with E-state index in [0.717, 1.165) is 0 Å². The van der Waals surface area contributed by atoms with Crippen molar-refractivity contribution in [3.8, 4) is 0 Å². The Morgan fingerprint density at radius 1 is 1.32 bits per heavy atom. The standard InChI is InChI=1S/C14H19O5/c1-9(10-5-3-2-4-6-10)14(18)12(7-15)19-8-11(16)13(14)17/h2-6,9,11-13,15-18H,1,7-8H2/t9?,11-,12+,13+,14+/m0/s1. The van der Waals surface area contributed by atoms with E-state index in [1.54, 1.807) is 24.3 Å². The molecule has 1 aromatic carbocycles. The summed E-state index contributed by atoms with van der Waals surface area (Å²) >= 11 is 0. The SMILES string of the molecule is [CH2]C(c1ccccc1)[C@]1(O)[C@H](O)[C@@H](O)CO[C@@H]1CO. The number of aliphatic hydroxyl groups is 4. The fourth-order valence-corrected chi connectivity index (χ4v) is 2.52. The predicted molar refractivity (Wildman–Crippen MR) is 68.3 cm³/mol. The van der Waals surface area contributed by atoms with E-state index in [9.17, 15) is 20.4 Å². The Morgan fingerprint density at radius 3 is 2.53 bits per heavy atom. The zero-order valence-corrected chi connectivity index (χ0v) is 10.5. The van der Waals surface area contributed by atoms with Gasteiger partial charge in [0.15, 0.2) is 0 Å². The van der Waals surface area contributed by atoms with Crippen LogP contribution < -0.4 is 0 Å². The molecule has 0 aromatic heterocycles. The molecule has 105 valence electrons. The molecule has 1 saturated heterocycles. The van der Waals surface area contributed by atoms with Crippen LogP contribution in [-0.2, 0) is 4.74 Å². The van der Waals surface area contributed by atoms with Gasteiger partial charge in [0.2, 0.25) is 0 Å². The van der Waals surface area contributed by atoms with Crippen LogP contribution in [0.4, 0.5) is 0 Å². The van der Waals surface area contributed by atoms with Crippen LogP contribution in [0.1, 0.15) is 11.5 Å². The molecule has 1 aliphatic heterocycles. The number of hydrogen-bond donors (Lipinski definition) is 4. The Bertz CT molecular complexity index is 406. The number of hydrogen-bond acceptors (Lipinski definition) is 5. The number of aliphatic hydroxyl groups excluding tert-OH is 3. The zero-order chi connectivity index (χ0) is 14.0. The van der Waals surface area contributed by atoms with E-state index >= 15 is 0 Å². The molecule has 1 aromatic rings. The van der Waals surface area contributed by atoms with Gasteiger partial charge in [0.05, 0.1) is 13.2 Å². The molecule has 5 atom stereocenters. The summed E-state index contributed by atoms with van der Waals surface area (Å²) < 4.78 is 5.22. The molecule has 1 radical (unpaired) electrons. The van der Waals surface area contributed by atoms with Crippen LogP contribution in [0.15, 0.2) is 30.3 Å². The Hall–Kier alpha value is -0.980. The van der Waals surface area contributed by atoms with Gasteiger partial charge in [-0.25, -0.2) is 0 Å². The summed E-state index contributed by atoms with van der Waals surface area (Å²) in [5.41, 5.74) is -1.14. The van der Waals surface area contributed by atoms with Gasteiger partial charge in [-0.2, -0.15) is 0 Å². The first-order chi connectivity index (χ1) is 9.01. The summed E-state index contributed by atoms with van der Waals surface area (Å²) in [5, 5.41) is 39.8. The number of ether oxygens (including phenoxy) is 1. The normalized spacial score (nSPS) is 37.0. The van der Waals surface area contributed by atoms with Gasteiger partial charge in [0, 0.05) is 5.92 Å². The van der Waals surface area contributed by atoms with Crippen LogP contribution in [0.3, 0.4) is 0 Å². The molecule has 1 heterocycles. The molecule has 0 saturated carbocycles. The van der Waals surface area contributed by atoms with E-state index in [-0.39, 0.29) is 6.61 Å². The quantitative estimate of drug-likeness (QED) is 0.590. The first-order valence-corrected chi connectivity index (χ1v) is 6.20. The molecular formula is C14H19O5. The molecule has 1 unspecified atom stereocenters. The van der Waals surface area contributed by atoms with Gasteiger partial charge < -0.3 is 25.2 Å². The van der Waals surface area contributed by atoms with E-state index in [0.29, 0.717) is 5.56 Å². The molecule has 0 bridgehead atoms. The monoisotopic (exact) mass is 267 g/mol. The molecule has 0 spiro atoms. The average molecular weight is 267 g/mol. The third-order valence-electron chi connectivity index (χ3n) is 3.75. The first-order valence-electron chi connectivity index (χ1n) is 6.20. The van der Waals surface area contributed by atoms with Crippen LogP contribution in [0.2, 0.25) is 0 Å². The second-order valence-electron chi connectivity index (χ2n) is 4.87. The second kappa shape index (κ2) is 5.56. The highest BCUT2D eigenvalue weighted by atomic mass is 16.5. The van der Waals surface area contributed by atoms with Gasteiger partial charge in [0.25, 0.3) is 0 Å². The summed E-state index contributed by atoms with van der Waals surface area (Å²) in [6.45, 7) is 3.29. The lowest BCUT2D eigenvalue weighted by molar-refractivity contribution is -0.254. The van der Waals surface area contributed by atoms with E-state index in [4.69, 9.17) is 4.74 Å². The minimum absolute atomic E-state index is 0.129. The van der Waals surface area contributed by atoms with E-state index in [2.05, 4.69) is 6.92 Å². The maximum Gasteiger partial charge on any atom is 0.128 e. The molecule has 5 heteroatoms. The third kappa shape index (κ3) is 2.40. The second-order valence-corrected chi connectivity index (χ2v) is 4.87. The Morgan fingerprint density at radius 2 is 1.95 bits per heavy atom. The highest BCUT2D eigenvalue weighted by Crippen LogP contribution is 2.38. The van der Waals surface area contributed by atoms with Gasteiger partial charge in [-0.3, -0.25) is 0 Å². The average Bonchev–Trinajstić information content (AvgIpc) is 2.45. The van der Waals surface area contributed by atoms with Gasteiger partial charge in [-0.05, 0) is 12.5 Å². The minimum atomic E-state index is -1.84. The Kier molecular flexibility index (Phi) is 4.23. The van der Waals surface area contributed by atoms with E-state index < -0.39 is 36.4 Å². The number of benzene rings is 1. The van der Waals surface area contributed by atoms with Crippen molar-refractivity contribution in [2.45, 2.75) is 29.8 Å². The Balaban J connectivity index is 2.36. The number of rotatable bonds is 3. The van der Waals surface area contributed by atoms with Crippen LogP contribution in [0, 0.1) is 6.92 Å². The van der Waals surface area contributed by atoms with Crippen molar-refractivity contribution >= 4 is 0 Å². The van der Waals surface area contributed by atoms with Gasteiger partial charge in [0.1, 0.15) is 23.9 Å². The molecule has 19 heavy (non-hydrogen) atoms. The van der Waals surface area contributed by atoms with Crippen LogP contribution in [0.25, 0.3) is 0 Å². The van der Waals surface area contributed by atoms with Crippen molar-refractivity contribution in [2.75, 3.05) is 13.2 Å². The molecule has 4 N–H and O–H groups in total. The zero-order valence-electron chi connectivity index (χ0n) is 10.5. The molecule has 1 aliphatic rings. The molecule has 2 rings (SSSR count). The smallest absolute Gasteiger partial charge is 0.128 e. The van der Waals surface area contributed by atoms with E-state index in [1.807, 2.05) is 6.07 Å². The van der Waals surface area contributed by atoms with Gasteiger partial charge >= 0.3 is 0 Å². The molecule has 1 fully saturated rings. The fourth-order valence-electron chi connectivity index (χ4n) is 2.52.